The first-order valence-electron chi connectivity index (χ1n) is 6.41. The van der Waals surface area contributed by atoms with E-state index >= 15 is 0 Å². The summed E-state index contributed by atoms with van der Waals surface area (Å²) in [7, 11) is 1.36. The van der Waals surface area contributed by atoms with Gasteiger partial charge in [0.1, 0.15) is 12.4 Å². The van der Waals surface area contributed by atoms with Crippen molar-refractivity contribution in [2.75, 3.05) is 7.11 Å². The van der Waals surface area contributed by atoms with Gasteiger partial charge in [-0.25, -0.2) is 4.79 Å². The third-order valence-electron chi connectivity index (χ3n) is 2.81. The molecule has 0 bridgehead atoms. The van der Waals surface area contributed by atoms with E-state index in [1.807, 2.05) is 48.5 Å². The van der Waals surface area contributed by atoms with E-state index in [-0.39, 0.29) is 5.97 Å². The Morgan fingerprint density at radius 3 is 2.67 bits per heavy atom. The topological polar surface area (TPSA) is 35.5 Å². The number of methoxy groups -OCH3 is 1. The van der Waals surface area contributed by atoms with E-state index in [2.05, 4.69) is 27.3 Å². The molecular formula is C17H15IO3. The predicted molar refractivity (Wildman–Crippen MR) is 91.0 cm³/mol. The molecule has 0 aromatic heterocycles. The largest absolute Gasteiger partial charge is 0.488 e. The van der Waals surface area contributed by atoms with Crippen molar-refractivity contribution >= 4 is 34.6 Å². The molecule has 0 spiro atoms. The maximum atomic E-state index is 11.1. The van der Waals surface area contributed by atoms with Gasteiger partial charge in [-0.15, -0.1) is 0 Å². The number of halogens is 1. The number of carbonyl (C=O) groups is 1. The molecule has 0 fully saturated rings. The summed E-state index contributed by atoms with van der Waals surface area (Å²) in [6, 6.07) is 15.8. The molecular weight excluding hydrogens is 379 g/mol. The van der Waals surface area contributed by atoms with Crippen LogP contribution in [0.5, 0.6) is 5.75 Å². The van der Waals surface area contributed by atoms with Crippen LogP contribution in [0, 0.1) is 3.57 Å². The molecule has 0 atom stereocenters. The highest BCUT2D eigenvalue weighted by Crippen LogP contribution is 2.24. The summed E-state index contributed by atoms with van der Waals surface area (Å²) in [5.74, 6) is 0.423. The highest BCUT2D eigenvalue weighted by atomic mass is 127. The van der Waals surface area contributed by atoms with Gasteiger partial charge in [-0.05, 0) is 51.9 Å². The zero-order chi connectivity index (χ0) is 15.1. The summed E-state index contributed by atoms with van der Waals surface area (Å²) in [6.07, 6.45) is 3.10. The molecule has 0 N–H and O–H groups in total. The molecule has 0 saturated heterocycles. The van der Waals surface area contributed by atoms with Crippen molar-refractivity contribution in [1.29, 1.82) is 0 Å². The average molecular weight is 394 g/mol. The van der Waals surface area contributed by atoms with Gasteiger partial charge >= 0.3 is 5.97 Å². The Bertz CT molecular complexity index is 636. The minimum Gasteiger partial charge on any atom is -0.488 e. The lowest BCUT2D eigenvalue weighted by Gasteiger charge is -2.09. The number of ether oxygens (including phenoxy) is 2. The fourth-order valence-corrected chi connectivity index (χ4v) is 2.19. The van der Waals surface area contributed by atoms with Crippen molar-refractivity contribution in [2.45, 2.75) is 6.61 Å². The molecule has 0 amide bonds. The molecule has 0 heterocycles. The Morgan fingerprint density at radius 1 is 1.19 bits per heavy atom. The van der Waals surface area contributed by atoms with Gasteiger partial charge in [0.15, 0.2) is 0 Å². The van der Waals surface area contributed by atoms with Gasteiger partial charge in [0.2, 0.25) is 0 Å². The van der Waals surface area contributed by atoms with Gasteiger partial charge in [0.05, 0.1) is 10.7 Å². The molecule has 2 aromatic rings. The molecule has 2 rings (SSSR count). The third kappa shape index (κ3) is 4.90. The van der Waals surface area contributed by atoms with Crippen LogP contribution in [0.2, 0.25) is 0 Å². The standard InChI is InChI=1S/C17H15IO3/c1-20-17(19)10-8-13-7-9-15(18)16(11-13)21-12-14-5-3-2-4-6-14/h2-11H,12H2,1H3. The fourth-order valence-electron chi connectivity index (χ4n) is 1.70. The molecule has 21 heavy (non-hydrogen) atoms. The molecule has 0 unspecified atom stereocenters. The maximum absolute atomic E-state index is 11.1. The number of benzene rings is 2. The molecule has 0 aliphatic carbocycles. The van der Waals surface area contributed by atoms with Crippen molar-refractivity contribution in [3.8, 4) is 5.75 Å². The van der Waals surface area contributed by atoms with Crippen LogP contribution in [0.4, 0.5) is 0 Å². The van der Waals surface area contributed by atoms with Crippen LogP contribution >= 0.6 is 22.6 Å². The highest BCUT2D eigenvalue weighted by Gasteiger charge is 2.03. The second-order valence-corrected chi connectivity index (χ2v) is 5.48. The summed E-state index contributed by atoms with van der Waals surface area (Å²) in [4.78, 5) is 11.1. The van der Waals surface area contributed by atoms with Crippen LogP contribution in [0.3, 0.4) is 0 Å². The highest BCUT2D eigenvalue weighted by molar-refractivity contribution is 14.1. The zero-order valence-electron chi connectivity index (χ0n) is 11.6. The summed E-state index contributed by atoms with van der Waals surface area (Å²) in [6.45, 7) is 0.515. The number of hydrogen-bond acceptors (Lipinski definition) is 3. The molecule has 0 aliphatic heterocycles. The quantitative estimate of drug-likeness (QED) is 0.436. The first-order chi connectivity index (χ1) is 10.2. The molecule has 0 radical (unpaired) electrons. The van der Waals surface area contributed by atoms with E-state index < -0.39 is 0 Å². The van der Waals surface area contributed by atoms with E-state index in [1.165, 1.54) is 13.2 Å². The number of carbonyl (C=O) groups excluding carboxylic acids is 1. The van der Waals surface area contributed by atoms with Crippen molar-refractivity contribution in [1.82, 2.24) is 0 Å². The second kappa shape index (κ2) is 7.83. The lowest BCUT2D eigenvalue weighted by Crippen LogP contribution is -1.97. The third-order valence-corrected chi connectivity index (χ3v) is 3.70. The monoisotopic (exact) mass is 394 g/mol. The van der Waals surface area contributed by atoms with Gasteiger partial charge in [-0.1, -0.05) is 36.4 Å². The number of rotatable bonds is 5. The van der Waals surface area contributed by atoms with Crippen molar-refractivity contribution in [2.24, 2.45) is 0 Å². The molecule has 2 aromatic carbocycles. The number of esters is 1. The van der Waals surface area contributed by atoms with E-state index in [4.69, 9.17) is 4.74 Å². The van der Waals surface area contributed by atoms with E-state index in [1.54, 1.807) is 6.08 Å². The van der Waals surface area contributed by atoms with Crippen molar-refractivity contribution in [3.05, 3.63) is 69.3 Å². The van der Waals surface area contributed by atoms with Gasteiger partial charge in [0, 0.05) is 6.08 Å². The second-order valence-electron chi connectivity index (χ2n) is 4.32. The van der Waals surface area contributed by atoms with Gasteiger partial charge in [0.25, 0.3) is 0 Å². The van der Waals surface area contributed by atoms with Crippen LogP contribution in [0.25, 0.3) is 6.08 Å². The molecule has 4 heteroatoms. The van der Waals surface area contributed by atoms with Crippen LogP contribution in [0.1, 0.15) is 11.1 Å². The van der Waals surface area contributed by atoms with Crippen LogP contribution < -0.4 is 4.74 Å². The van der Waals surface area contributed by atoms with Crippen LogP contribution in [-0.4, -0.2) is 13.1 Å². The van der Waals surface area contributed by atoms with Crippen molar-refractivity contribution in [3.63, 3.8) is 0 Å². The average Bonchev–Trinajstić information content (AvgIpc) is 2.53. The Balaban J connectivity index is 2.08. The summed E-state index contributed by atoms with van der Waals surface area (Å²) >= 11 is 2.23. The number of hydrogen-bond donors (Lipinski definition) is 0. The van der Waals surface area contributed by atoms with E-state index in [9.17, 15) is 4.79 Å². The fraction of sp³-hybridized carbons (Fsp3) is 0.118. The Kier molecular flexibility index (Phi) is 5.80. The maximum Gasteiger partial charge on any atom is 0.330 e. The van der Waals surface area contributed by atoms with Gasteiger partial charge in [-0.2, -0.15) is 0 Å². The Morgan fingerprint density at radius 2 is 1.95 bits per heavy atom. The minimum absolute atomic E-state index is 0.375. The minimum atomic E-state index is -0.375. The first-order valence-corrected chi connectivity index (χ1v) is 7.49. The molecule has 0 aliphatic rings. The SMILES string of the molecule is COC(=O)C=Cc1ccc(I)c(OCc2ccccc2)c1. The first kappa shape index (κ1) is 15.6. The smallest absolute Gasteiger partial charge is 0.330 e. The summed E-state index contributed by atoms with van der Waals surface area (Å²) in [5, 5.41) is 0. The molecule has 108 valence electrons. The lowest BCUT2D eigenvalue weighted by atomic mass is 10.2. The lowest BCUT2D eigenvalue weighted by molar-refractivity contribution is -0.134. The van der Waals surface area contributed by atoms with Gasteiger partial charge in [-0.3, -0.25) is 0 Å². The Labute approximate surface area is 137 Å². The summed E-state index contributed by atoms with van der Waals surface area (Å²) < 4.78 is 11.4. The van der Waals surface area contributed by atoms with Crippen LogP contribution in [0.15, 0.2) is 54.6 Å². The van der Waals surface area contributed by atoms with Gasteiger partial charge < -0.3 is 9.47 Å². The normalized spacial score (nSPS) is 10.6. The van der Waals surface area contributed by atoms with Crippen molar-refractivity contribution < 1.29 is 14.3 Å². The zero-order valence-corrected chi connectivity index (χ0v) is 13.7. The van der Waals surface area contributed by atoms with E-state index in [0.717, 1.165) is 20.4 Å². The Hall–Kier alpha value is -1.82. The molecule has 0 saturated carbocycles. The summed E-state index contributed by atoms with van der Waals surface area (Å²) in [5.41, 5.74) is 2.01. The van der Waals surface area contributed by atoms with E-state index in [0.29, 0.717) is 6.61 Å². The van der Waals surface area contributed by atoms with Crippen LogP contribution in [-0.2, 0) is 16.1 Å². The molecule has 3 nitrogen and oxygen atoms in total. The predicted octanol–water partition coefficient (Wildman–Crippen LogP) is 4.06.